The Hall–Kier alpha value is -1.84. The molecule has 0 unspecified atom stereocenters. The minimum absolute atomic E-state index is 0.701. The van der Waals surface area contributed by atoms with Crippen LogP contribution in [-0.2, 0) is 5.66 Å². The molecule has 2 rings (SSSR count). The van der Waals surface area contributed by atoms with E-state index in [0.29, 0.717) is 5.69 Å². The molecule has 3 heteroatoms. The first-order chi connectivity index (χ1) is 7.60. The Labute approximate surface area is 94.9 Å². The van der Waals surface area contributed by atoms with E-state index in [0.717, 1.165) is 11.1 Å². The van der Waals surface area contributed by atoms with Crippen LogP contribution in [0.4, 0.5) is 5.69 Å². The van der Waals surface area contributed by atoms with Gasteiger partial charge >= 0.3 is 0 Å². The lowest BCUT2D eigenvalue weighted by atomic mass is 9.93. The predicted octanol–water partition coefficient (Wildman–Crippen LogP) is 1.39. The molecular weight excluding hydrogens is 198 g/mol. The monoisotopic (exact) mass is 213 g/mol. The van der Waals surface area contributed by atoms with E-state index in [1.165, 1.54) is 0 Å². The summed E-state index contributed by atoms with van der Waals surface area (Å²) in [7, 11) is 0. The molecule has 0 spiro atoms. The van der Waals surface area contributed by atoms with Crippen LogP contribution < -0.4 is 17.2 Å². The Morgan fingerprint density at radius 3 is 1.75 bits per heavy atom. The predicted molar refractivity (Wildman–Crippen MR) is 66.5 cm³/mol. The molecular formula is C13H15N3. The molecule has 0 amide bonds. The van der Waals surface area contributed by atoms with Gasteiger partial charge in [0, 0.05) is 5.69 Å². The maximum absolute atomic E-state index is 6.15. The van der Waals surface area contributed by atoms with Crippen LogP contribution in [0.5, 0.6) is 0 Å². The average molecular weight is 213 g/mol. The number of benzene rings is 2. The van der Waals surface area contributed by atoms with Crippen molar-refractivity contribution in [3.05, 3.63) is 65.7 Å². The number of rotatable bonds is 2. The Kier molecular flexibility index (Phi) is 2.64. The van der Waals surface area contributed by atoms with Crippen molar-refractivity contribution in [2.45, 2.75) is 5.66 Å². The van der Waals surface area contributed by atoms with Gasteiger partial charge in [0.1, 0.15) is 5.66 Å². The second kappa shape index (κ2) is 3.96. The maximum atomic E-state index is 6.15. The molecule has 16 heavy (non-hydrogen) atoms. The molecule has 2 aromatic rings. The Morgan fingerprint density at radius 1 is 0.688 bits per heavy atom. The molecule has 82 valence electrons. The van der Waals surface area contributed by atoms with Crippen molar-refractivity contribution < 1.29 is 0 Å². The number of nitrogen functional groups attached to an aromatic ring is 1. The summed E-state index contributed by atoms with van der Waals surface area (Å²) in [6, 6.07) is 16.9. The van der Waals surface area contributed by atoms with Gasteiger partial charge in [-0.05, 0) is 23.3 Å². The van der Waals surface area contributed by atoms with E-state index >= 15 is 0 Å². The van der Waals surface area contributed by atoms with Crippen molar-refractivity contribution in [2.24, 2.45) is 11.5 Å². The lowest BCUT2D eigenvalue weighted by Gasteiger charge is -2.25. The van der Waals surface area contributed by atoms with Crippen molar-refractivity contribution in [2.75, 3.05) is 5.73 Å². The highest BCUT2D eigenvalue weighted by Gasteiger charge is 2.23. The molecule has 0 aliphatic rings. The standard InChI is InChI=1S/C13H15N3/c14-12-8-6-11(7-9-12)13(15,16)10-4-2-1-3-5-10/h1-9H,14-16H2. The summed E-state index contributed by atoms with van der Waals surface area (Å²) in [5, 5.41) is 0. The lowest BCUT2D eigenvalue weighted by Crippen LogP contribution is -2.47. The molecule has 0 aliphatic carbocycles. The van der Waals surface area contributed by atoms with E-state index in [9.17, 15) is 0 Å². The van der Waals surface area contributed by atoms with Gasteiger partial charge in [0.15, 0.2) is 0 Å². The normalized spacial score (nSPS) is 11.4. The van der Waals surface area contributed by atoms with Gasteiger partial charge in [0.25, 0.3) is 0 Å². The minimum atomic E-state index is -0.977. The van der Waals surface area contributed by atoms with E-state index in [2.05, 4.69) is 0 Å². The molecule has 0 atom stereocenters. The second-order valence-electron chi connectivity index (χ2n) is 3.86. The summed E-state index contributed by atoms with van der Waals surface area (Å²) < 4.78 is 0. The van der Waals surface area contributed by atoms with Crippen LogP contribution in [0.2, 0.25) is 0 Å². The zero-order chi connectivity index (χ0) is 11.6. The largest absolute Gasteiger partial charge is 0.399 e. The first-order valence-electron chi connectivity index (χ1n) is 5.10. The van der Waals surface area contributed by atoms with Crippen LogP contribution in [-0.4, -0.2) is 0 Å². The third-order valence-electron chi connectivity index (χ3n) is 2.64. The topological polar surface area (TPSA) is 78.1 Å². The molecule has 0 saturated carbocycles. The van der Waals surface area contributed by atoms with Crippen LogP contribution in [0.3, 0.4) is 0 Å². The lowest BCUT2D eigenvalue weighted by molar-refractivity contribution is 0.568. The fourth-order valence-electron chi connectivity index (χ4n) is 1.64. The molecule has 2 aromatic carbocycles. The zero-order valence-corrected chi connectivity index (χ0v) is 8.93. The molecule has 0 aliphatic heterocycles. The summed E-state index contributed by atoms with van der Waals surface area (Å²) in [6.45, 7) is 0. The van der Waals surface area contributed by atoms with E-state index in [1.54, 1.807) is 12.1 Å². The van der Waals surface area contributed by atoms with Crippen molar-refractivity contribution in [3.8, 4) is 0 Å². The Balaban J connectivity index is 2.43. The quantitative estimate of drug-likeness (QED) is 0.521. The molecule has 0 fully saturated rings. The summed E-state index contributed by atoms with van der Waals surface area (Å²) in [4.78, 5) is 0. The first kappa shape index (κ1) is 10.7. The maximum Gasteiger partial charge on any atom is 0.116 e. The van der Waals surface area contributed by atoms with E-state index < -0.39 is 5.66 Å². The van der Waals surface area contributed by atoms with Crippen LogP contribution in [0, 0.1) is 0 Å². The molecule has 6 N–H and O–H groups in total. The summed E-state index contributed by atoms with van der Waals surface area (Å²) >= 11 is 0. The van der Waals surface area contributed by atoms with Gasteiger partial charge in [-0.15, -0.1) is 0 Å². The van der Waals surface area contributed by atoms with Gasteiger partial charge < -0.3 is 17.2 Å². The van der Waals surface area contributed by atoms with Crippen molar-refractivity contribution in [1.82, 2.24) is 0 Å². The number of hydrogen-bond acceptors (Lipinski definition) is 3. The van der Waals surface area contributed by atoms with Crippen LogP contribution in [0.25, 0.3) is 0 Å². The molecule has 0 heterocycles. The Bertz CT molecular complexity index is 460. The van der Waals surface area contributed by atoms with E-state index in [4.69, 9.17) is 17.2 Å². The molecule has 0 bridgehead atoms. The van der Waals surface area contributed by atoms with Crippen LogP contribution in [0.1, 0.15) is 11.1 Å². The van der Waals surface area contributed by atoms with Crippen molar-refractivity contribution in [3.63, 3.8) is 0 Å². The molecule has 0 radical (unpaired) electrons. The van der Waals surface area contributed by atoms with Crippen molar-refractivity contribution in [1.29, 1.82) is 0 Å². The van der Waals surface area contributed by atoms with E-state index in [1.807, 2.05) is 42.5 Å². The molecule has 3 nitrogen and oxygen atoms in total. The summed E-state index contributed by atoms with van der Waals surface area (Å²) in [6.07, 6.45) is 0. The van der Waals surface area contributed by atoms with Crippen molar-refractivity contribution >= 4 is 5.69 Å². The summed E-state index contributed by atoms with van der Waals surface area (Å²) in [5.74, 6) is 0. The van der Waals surface area contributed by atoms with Gasteiger partial charge in [0.05, 0.1) is 0 Å². The van der Waals surface area contributed by atoms with Gasteiger partial charge in [0.2, 0.25) is 0 Å². The zero-order valence-electron chi connectivity index (χ0n) is 8.93. The minimum Gasteiger partial charge on any atom is -0.399 e. The third-order valence-corrected chi connectivity index (χ3v) is 2.64. The van der Waals surface area contributed by atoms with Gasteiger partial charge in [-0.25, -0.2) is 0 Å². The van der Waals surface area contributed by atoms with Crippen LogP contribution >= 0.6 is 0 Å². The highest BCUT2D eigenvalue weighted by atomic mass is 15.0. The molecule has 0 saturated heterocycles. The second-order valence-corrected chi connectivity index (χ2v) is 3.86. The number of nitrogens with two attached hydrogens (primary N) is 3. The average Bonchev–Trinajstić information content (AvgIpc) is 2.31. The SMILES string of the molecule is Nc1ccc(C(N)(N)c2ccccc2)cc1. The fourth-order valence-corrected chi connectivity index (χ4v) is 1.64. The highest BCUT2D eigenvalue weighted by Crippen LogP contribution is 2.22. The Morgan fingerprint density at radius 2 is 1.19 bits per heavy atom. The van der Waals surface area contributed by atoms with Gasteiger partial charge in [-0.2, -0.15) is 0 Å². The fraction of sp³-hybridized carbons (Fsp3) is 0.0769. The van der Waals surface area contributed by atoms with Gasteiger partial charge in [-0.3, -0.25) is 0 Å². The van der Waals surface area contributed by atoms with E-state index in [-0.39, 0.29) is 0 Å². The third kappa shape index (κ3) is 1.91. The number of hydrogen-bond donors (Lipinski definition) is 3. The van der Waals surface area contributed by atoms with Gasteiger partial charge in [-0.1, -0.05) is 42.5 Å². The highest BCUT2D eigenvalue weighted by molar-refractivity contribution is 5.44. The van der Waals surface area contributed by atoms with Crippen LogP contribution in [0.15, 0.2) is 54.6 Å². The first-order valence-corrected chi connectivity index (χ1v) is 5.10. The number of anilines is 1. The summed E-state index contributed by atoms with van der Waals surface area (Å²) in [5.41, 5.74) is 19.4. The molecule has 0 aromatic heterocycles. The smallest absolute Gasteiger partial charge is 0.116 e.